The fourth-order valence-corrected chi connectivity index (χ4v) is 1.93. The summed E-state index contributed by atoms with van der Waals surface area (Å²) in [7, 11) is 0. The van der Waals surface area contributed by atoms with Crippen LogP contribution >= 0.6 is 0 Å². The van der Waals surface area contributed by atoms with Gasteiger partial charge in [0.2, 0.25) is 0 Å². The maximum absolute atomic E-state index is 11.2. The molecule has 3 heteroatoms. The monoisotopic (exact) mass is 192 g/mol. The first-order valence-electron chi connectivity index (χ1n) is 4.76. The van der Waals surface area contributed by atoms with Gasteiger partial charge >= 0.3 is 5.97 Å². The molecule has 0 radical (unpaired) electrons. The first-order valence-corrected chi connectivity index (χ1v) is 4.76. The van der Waals surface area contributed by atoms with Gasteiger partial charge < -0.3 is 4.74 Å². The van der Waals surface area contributed by atoms with Gasteiger partial charge in [0.05, 0.1) is 0 Å². The molecule has 1 spiro atoms. The average molecular weight is 192 g/mol. The fourth-order valence-electron chi connectivity index (χ4n) is 1.93. The van der Waals surface area contributed by atoms with Crippen LogP contribution in [-0.2, 0) is 14.3 Å². The van der Waals surface area contributed by atoms with Crippen molar-refractivity contribution in [1.82, 2.24) is 0 Å². The molecule has 1 fully saturated rings. The van der Waals surface area contributed by atoms with Crippen LogP contribution in [0.1, 0.15) is 26.2 Å². The summed E-state index contributed by atoms with van der Waals surface area (Å²) in [6, 6.07) is 0. The Bertz CT molecular complexity index is 352. The highest BCUT2D eigenvalue weighted by Gasteiger charge is 2.38. The minimum absolute atomic E-state index is 0.0326. The number of ether oxygens (including phenoxy) is 1. The second-order valence-electron chi connectivity index (χ2n) is 3.78. The van der Waals surface area contributed by atoms with Gasteiger partial charge in [0.15, 0.2) is 11.4 Å². The molecule has 0 amide bonds. The molecule has 0 aromatic heterocycles. The summed E-state index contributed by atoms with van der Waals surface area (Å²) in [5.41, 5.74) is 0.210. The van der Waals surface area contributed by atoms with Crippen LogP contribution < -0.4 is 0 Å². The van der Waals surface area contributed by atoms with Crippen molar-refractivity contribution < 1.29 is 14.3 Å². The van der Waals surface area contributed by atoms with Gasteiger partial charge in [0, 0.05) is 6.42 Å². The lowest BCUT2D eigenvalue weighted by Crippen LogP contribution is -2.39. The van der Waals surface area contributed by atoms with Crippen molar-refractivity contribution in [2.24, 2.45) is 0 Å². The molecule has 74 valence electrons. The molecule has 2 aliphatic rings. The Balaban J connectivity index is 2.31. The van der Waals surface area contributed by atoms with Crippen LogP contribution in [0.25, 0.3) is 0 Å². The maximum atomic E-state index is 11.2. The van der Waals surface area contributed by atoms with E-state index in [2.05, 4.69) is 0 Å². The standard InChI is InChI=1S/C11H12O3/c1-8-7-9(12)4-6-11(8)5-2-3-10(13)14-11/h4,6-7H,2-3,5H2,1H3. The minimum atomic E-state index is -0.622. The fraction of sp³-hybridized carbons (Fsp3) is 0.455. The van der Waals surface area contributed by atoms with E-state index in [4.69, 9.17) is 4.74 Å². The predicted octanol–water partition coefficient (Wildman–Crippen LogP) is 1.54. The zero-order chi connectivity index (χ0) is 10.2. The van der Waals surface area contributed by atoms with E-state index >= 15 is 0 Å². The second kappa shape index (κ2) is 3.08. The largest absolute Gasteiger partial charge is 0.450 e. The van der Waals surface area contributed by atoms with Crippen molar-refractivity contribution in [3.05, 3.63) is 23.8 Å². The summed E-state index contributed by atoms with van der Waals surface area (Å²) in [4.78, 5) is 22.3. The predicted molar refractivity (Wildman–Crippen MR) is 50.6 cm³/mol. The molecule has 3 nitrogen and oxygen atoms in total. The van der Waals surface area contributed by atoms with E-state index in [0.717, 1.165) is 18.4 Å². The van der Waals surface area contributed by atoms with E-state index in [1.54, 1.807) is 12.2 Å². The molecular weight excluding hydrogens is 180 g/mol. The Morgan fingerprint density at radius 1 is 1.43 bits per heavy atom. The topological polar surface area (TPSA) is 43.4 Å². The summed E-state index contributed by atoms with van der Waals surface area (Å²) in [5.74, 6) is -0.210. The molecule has 2 rings (SSSR count). The van der Waals surface area contributed by atoms with Crippen LogP contribution in [0.5, 0.6) is 0 Å². The summed E-state index contributed by atoms with van der Waals surface area (Å²) in [6.07, 6.45) is 6.82. The molecule has 0 N–H and O–H groups in total. The third kappa shape index (κ3) is 1.39. The number of esters is 1. The van der Waals surface area contributed by atoms with Crippen molar-refractivity contribution in [2.45, 2.75) is 31.8 Å². The third-order valence-corrected chi connectivity index (χ3v) is 2.77. The summed E-state index contributed by atoms with van der Waals surface area (Å²) >= 11 is 0. The molecular formula is C11H12O3. The highest BCUT2D eigenvalue weighted by molar-refractivity contribution is 6.01. The number of ketones is 1. The Hall–Kier alpha value is -1.38. The first kappa shape index (κ1) is 9.19. The van der Waals surface area contributed by atoms with Gasteiger partial charge in [-0.25, -0.2) is 0 Å². The smallest absolute Gasteiger partial charge is 0.306 e. The van der Waals surface area contributed by atoms with Crippen LogP contribution in [-0.4, -0.2) is 17.4 Å². The molecule has 0 aromatic carbocycles. The van der Waals surface area contributed by atoms with Gasteiger partial charge in [0.25, 0.3) is 0 Å². The Kier molecular flexibility index (Phi) is 2.02. The normalized spacial score (nSPS) is 31.6. The third-order valence-electron chi connectivity index (χ3n) is 2.77. The molecule has 14 heavy (non-hydrogen) atoms. The van der Waals surface area contributed by atoms with E-state index in [1.165, 1.54) is 6.08 Å². The minimum Gasteiger partial charge on any atom is -0.450 e. The van der Waals surface area contributed by atoms with Gasteiger partial charge in [-0.05, 0) is 43.6 Å². The summed E-state index contributed by atoms with van der Waals surface area (Å²) in [6.45, 7) is 1.83. The van der Waals surface area contributed by atoms with Crippen LogP contribution in [0.15, 0.2) is 23.8 Å². The zero-order valence-corrected chi connectivity index (χ0v) is 8.08. The molecule has 1 saturated heterocycles. The SMILES string of the molecule is CC1=CC(=O)C=CC12CCCC(=O)O2. The lowest BCUT2D eigenvalue weighted by Gasteiger charge is -2.36. The molecule has 0 aromatic rings. The number of hydrogen-bond acceptors (Lipinski definition) is 3. The van der Waals surface area contributed by atoms with Crippen molar-refractivity contribution in [1.29, 1.82) is 0 Å². The number of carbonyl (C=O) groups is 2. The van der Waals surface area contributed by atoms with Gasteiger partial charge in [-0.2, -0.15) is 0 Å². The van der Waals surface area contributed by atoms with E-state index in [9.17, 15) is 9.59 Å². The van der Waals surface area contributed by atoms with Crippen molar-refractivity contribution in [3.8, 4) is 0 Å². The molecule has 1 aliphatic heterocycles. The van der Waals surface area contributed by atoms with Gasteiger partial charge in [-0.1, -0.05) is 0 Å². The van der Waals surface area contributed by atoms with Crippen molar-refractivity contribution in [3.63, 3.8) is 0 Å². The Labute approximate surface area is 82.4 Å². The van der Waals surface area contributed by atoms with Gasteiger partial charge in [0.1, 0.15) is 0 Å². The maximum Gasteiger partial charge on any atom is 0.306 e. The molecule has 0 bridgehead atoms. The lowest BCUT2D eigenvalue weighted by molar-refractivity contribution is -0.158. The number of hydrogen-bond donors (Lipinski definition) is 0. The average Bonchev–Trinajstić information content (AvgIpc) is 2.13. The Morgan fingerprint density at radius 2 is 2.21 bits per heavy atom. The van der Waals surface area contributed by atoms with E-state index in [-0.39, 0.29) is 11.8 Å². The summed E-state index contributed by atoms with van der Waals surface area (Å²) in [5, 5.41) is 0. The number of rotatable bonds is 0. The highest BCUT2D eigenvalue weighted by atomic mass is 16.6. The van der Waals surface area contributed by atoms with Crippen molar-refractivity contribution >= 4 is 11.8 Å². The van der Waals surface area contributed by atoms with Crippen LogP contribution in [0.2, 0.25) is 0 Å². The van der Waals surface area contributed by atoms with E-state index < -0.39 is 5.60 Å². The van der Waals surface area contributed by atoms with Crippen LogP contribution in [0, 0.1) is 0 Å². The van der Waals surface area contributed by atoms with Gasteiger partial charge in [-0.15, -0.1) is 0 Å². The first-order chi connectivity index (χ1) is 6.62. The zero-order valence-electron chi connectivity index (χ0n) is 8.08. The lowest BCUT2D eigenvalue weighted by atomic mass is 9.83. The van der Waals surface area contributed by atoms with Gasteiger partial charge in [-0.3, -0.25) is 9.59 Å². The molecule has 1 aliphatic carbocycles. The molecule has 1 atom stereocenters. The second-order valence-corrected chi connectivity index (χ2v) is 3.78. The molecule has 1 heterocycles. The van der Waals surface area contributed by atoms with E-state index in [0.29, 0.717) is 6.42 Å². The van der Waals surface area contributed by atoms with Crippen LogP contribution in [0.4, 0.5) is 0 Å². The number of carbonyl (C=O) groups excluding carboxylic acids is 2. The van der Waals surface area contributed by atoms with Crippen molar-refractivity contribution in [2.75, 3.05) is 0 Å². The Morgan fingerprint density at radius 3 is 2.86 bits per heavy atom. The molecule has 0 saturated carbocycles. The number of allylic oxidation sites excluding steroid dienone is 2. The summed E-state index contributed by atoms with van der Waals surface area (Å²) < 4.78 is 5.33. The molecule has 1 unspecified atom stereocenters. The highest BCUT2D eigenvalue weighted by Crippen LogP contribution is 2.35. The van der Waals surface area contributed by atoms with E-state index in [1.807, 2.05) is 6.92 Å². The van der Waals surface area contributed by atoms with Crippen LogP contribution in [0.3, 0.4) is 0 Å². The quantitative estimate of drug-likeness (QED) is 0.547.